The zero-order valence-electron chi connectivity index (χ0n) is 20.0. The van der Waals surface area contributed by atoms with E-state index in [1.54, 1.807) is 33.8 Å². The second-order valence-electron chi connectivity index (χ2n) is 9.48. The molecule has 14 heteroatoms. The summed E-state index contributed by atoms with van der Waals surface area (Å²) >= 11 is 0. The summed E-state index contributed by atoms with van der Waals surface area (Å²) in [6.07, 6.45) is 4.16. The van der Waals surface area contributed by atoms with Crippen LogP contribution in [0.1, 0.15) is 43.0 Å². The second kappa shape index (κ2) is 8.56. The molecule has 1 amide bonds. The van der Waals surface area contributed by atoms with Crippen molar-refractivity contribution in [2.75, 3.05) is 11.9 Å². The molecule has 190 valence electrons. The number of hydrogen-bond donors (Lipinski definition) is 3. The zero-order chi connectivity index (χ0) is 25.7. The van der Waals surface area contributed by atoms with Crippen LogP contribution in [0.4, 0.5) is 21.0 Å². The standard InChI is InChI=1S/C23H23FN10O3/c1-12-8-33(11-27-12)15-7-26-21(34-9-13(6-25)28-20(15)34)29-17-5-14(31-32-17)19-18(24)16(10-36-19)37-22(35)30-23(2)3-4-23/h5,7-9,11,16,18-19H,3-4,10H2,1-2H3,(H,30,35)(H2,26,29,31,32)/t16-,18-,19-/m0/s1. The molecule has 13 nitrogen and oxygen atoms in total. The number of aryl methyl sites for hydroxylation is 1. The van der Waals surface area contributed by atoms with Crippen molar-refractivity contribution >= 4 is 23.5 Å². The Balaban J connectivity index is 1.19. The number of H-pyrrole nitrogens is 1. The number of aromatic nitrogens is 7. The van der Waals surface area contributed by atoms with E-state index in [4.69, 9.17) is 9.47 Å². The molecule has 0 bridgehead atoms. The van der Waals surface area contributed by atoms with Crippen LogP contribution in [0.25, 0.3) is 11.3 Å². The lowest BCUT2D eigenvalue weighted by atomic mass is 10.1. The van der Waals surface area contributed by atoms with Crippen LogP contribution in [0.3, 0.4) is 0 Å². The molecule has 6 rings (SSSR count). The van der Waals surface area contributed by atoms with Gasteiger partial charge in [0.1, 0.15) is 17.9 Å². The molecular weight excluding hydrogens is 483 g/mol. The fraction of sp³-hybridized carbons (Fsp3) is 0.391. The molecule has 3 atom stereocenters. The Morgan fingerprint density at radius 2 is 2.22 bits per heavy atom. The summed E-state index contributed by atoms with van der Waals surface area (Å²) in [5.41, 5.74) is 2.28. The number of carbonyl (C=O) groups excluding carboxylic acids is 1. The van der Waals surface area contributed by atoms with Crippen molar-refractivity contribution in [1.29, 1.82) is 5.26 Å². The van der Waals surface area contributed by atoms with E-state index in [-0.39, 0.29) is 17.8 Å². The second-order valence-corrected chi connectivity index (χ2v) is 9.48. The van der Waals surface area contributed by atoms with Crippen LogP contribution in [-0.2, 0) is 9.47 Å². The average molecular weight is 507 g/mol. The normalized spacial score (nSPS) is 22.1. The van der Waals surface area contributed by atoms with Gasteiger partial charge in [0.2, 0.25) is 5.95 Å². The lowest BCUT2D eigenvalue weighted by Crippen LogP contribution is -2.39. The summed E-state index contributed by atoms with van der Waals surface area (Å²) in [6.45, 7) is 3.71. The van der Waals surface area contributed by atoms with Crippen LogP contribution >= 0.6 is 0 Å². The molecule has 2 fully saturated rings. The fourth-order valence-corrected chi connectivity index (χ4v) is 4.17. The molecule has 1 aliphatic carbocycles. The smallest absolute Gasteiger partial charge is 0.408 e. The van der Waals surface area contributed by atoms with Gasteiger partial charge >= 0.3 is 6.09 Å². The number of halogens is 1. The highest BCUT2D eigenvalue weighted by Crippen LogP contribution is 2.36. The lowest BCUT2D eigenvalue weighted by molar-refractivity contribution is 0.0604. The number of carbonyl (C=O) groups is 1. The van der Waals surface area contributed by atoms with Crippen LogP contribution in [0, 0.1) is 18.3 Å². The van der Waals surface area contributed by atoms with E-state index in [0.29, 0.717) is 28.8 Å². The Labute approximate surface area is 209 Å². The zero-order valence-corrected chi connectivity index (χ0v) is 20.0. The summed E-state index contributed by atoms with van der Waals surface area (Å²) in [5.74, 6) is 0.694. The van der Waals surface area contributed by atoms with Gasteiger partial charge in [0.05, 0.1) is 36.7 Å². The van der Waals surface area contributed by atoms with Gasteiger partial charge in [0.15, 0.2) is 29.4 Å². The third kappa shape index (κ3) is 4.33. The van der Waals surface area contributed by atoms with Crippen molar-refractivity contribution in [1.82, 2.24) is 39.4 Å². The number of fused-ring (bicyclic) bond motifs is 1. The Morgan fingerprint density at radius 3 is 2.95 bits per heavy atom. The monoisotopic (exact) mass is 506 g/mol. The van der Waals surface area contributed by atoms with Crippen LogP contribution in [-0.4, -0.2) is 64.6 Å². The summed E-state index contributed by atoms with van der Waals surface area (Å²) < 4.78 is 29.3. The molecule has 5 heterocycles. The van der Waals surface area contributed by atoms with Crippen molar-refractivity contribution < 1.29 is 18.7 Å². The van der Waals surface area contributed by atoms with Gasteiger partial charge in [-0.25, -0.2) is 24.1 Å². The first-order valence-corrected chi connectivity index (χ1v) is 11.7. The van der Waals surface area contributed by atoms with Gasteiger partial charge in [-0.15, -0.1) is 0 Å². The molecule has 0 unspecified atom stereocenters. The molecule has 0 aromatic carbocycles. The molecule has 3 N–H and O–H groups in total. The van der Waals surface area contributed by atoms with Crippen LogP contribution < -0.4 is 10.6 Å². The maximum atomic E-state index is 15.1. The highest BCUT2D eigenvalue weighted by atomic mass is 19.1. The number of nitrogens with one attached hydrogen (secondary N) is 3. The predicted octanol–water partition coefficient (Wildman–Crippen LogP) is 2.62. The van der Waals surface area contributed by atoms with E-state index in [0.717, 1.165) is 18.5 Å². The molecule has 2 aliphatic rings. The first kappa shape index (κ1) is 22.9. The molecule has 1 aliphatic heterocycles. The van der Waals surface area contributed by atoms with E-state index in [9.17, 15) is 10.1 Å². The third-order valence-corrected chi connectivity index (χ3v) is 6.47. The van der Waals surface area contributed by atoms with Crippen molar-refractivity contribution in [3.63, 3.8) is 0 Å². The number of nitriles is 1. The first-order chi connectivity index (χ1) is 17.8. The number of amides is 1. The summed E-state index contributed by atoms with van der Waals surface area (Å²) in [5, 5.41) is 22.2. The van der Waals surface area contributed by atoms with E-state index >= 15 is 4.39 Å². The Morgan fingerprint density at radius 1 is 1.38 bits per heavy atom. The topological polar surface area (TPSA) is 160 Å². The molecule has 4 aromatic heterocycles. The van der Waals surface area contributed by atoms with Crippen molar-refractivity contribution in [2.45, 2.75) is 50.6 Å². The number of imidazole rings is 2. The SMILES string of the molecule is Cc1cn(-c2cnc(Nc3cc([C@@H]4OC[C@H](OC(=O)NC5(C)CC5)[C@@H]4F)[nH]n3)n3cc(C#N)nc23)cn1. The van der Waals surface area contributed by atoms with Crippen LogP contribution in [0.2, 0.25) is 0 Å². The number of hydrogen-bond acceptors (Lipinski definition) is 9. The fourth-order valence-electron chi connectivity index (χ4n) is 4.17. The maximum Gasteiger partial charge on any atom is 0.408 e. The van der Waals surface area contributed by atoms with Gasteiger partial charge in [-0.2, -0.15) is 10.4 Å². The van der Waals surface area contributed by atoms with Gasteiger partial charge in [-0.05, 0) is 26.7 Å². The minimum absolute atomic E-state index is 0.0684. The third-order valence-electron chi connectivity index (χ3n) is 6.47. The number of nitrogens with zero attached hydrogens (tertiary/aromatic N) is 7. The number of rotatable bonds is 6. The highest BCUT2D eigenvalue weighted by molar-refractivity contribution is 5.69. The number of anilines is 2. The number of ether oxygens (including phenoxy) is 2. The Bertz CT molecular complexity index is 1530. The molecule has 1 saturated carbocycles. The quantitative estimate of drug-likeness (QED) is 0.357. The van der Waals surface area contributed by atoms with Gasteiger partial charge in [-0.3, -0.25) is 9.50 Å². The van der Waals surface area contributed by atoms with E-state index in [1.807, 2.05) is 26.1 Å². The minimum atomic E-state index is -1.57. The van der Waals surface area contributed by atoms with Gasteiger partial charge in [-0.1, -0.05) is 0 Å². The molecular formula is C23H23FN10O3. The summed E-state index contributed by atoms with van der Waals surface area (Å²) in [4.78, 5) is 25.2. The maximum absolute atomic E-state index is 15.1. The summed E-state index contributed by atoms with van der Waals surface area (Å²) in [7, 11) is 0. The molecule has 4 aromatic rings. The number of aromatic amines is 1. The number of alkyl halides is 1. The van der Waals surface area contributed by atoms with Gasteiger partial charge in [0, 0.05) is 17.8 Å². The molecule has 37 heavy (non-hydrogen) atoms. The van der Waals surface area contributed by atoms with Crippen LogP contribution in [0.5, 0.6) is 0 Å². The van der Waals surface area contributed by atoms with Crippen molar-refractivity contribution in [3.8, 4) is 11.8 Å². The summed E-state index contributed by atoms with van der Waals surface area (Å²) in [6, 6.07) is 3.63. The van der Waals surface area contributed by atoms with Crippen LogP contribution in [0.15, 0.2) is 31.0 Å². The predicted molar refractivity (Wildman–Crippen MR) is 126 cm³/mol. The van der Waals surface area contributed by atoms with E-state index < -0.39 is 24.5 Å². The highest BCUT2D eigenvalue weighted by Gasteiger charge is 2.44. The molecule has 0 radical (unpaired) electrons. The van der Waals surface area contributed by atoms with E-state index in [1.165, 1.54) is 0 Å². The molecule has 0 spiro atoms. The minimum Gasteiger partial charge on any atom is -0.441 e. The van der Waals surface area contributed by atoms with Crippen molar-refractivity contribution in [2.24, 2.45) is 0 Å². The average Bonchev–Trinajstić information content (AvgIpc) is 3.36. The van der Waals surface area contributed by atoms with E-state index in [2.05, 4.69) is 35.8 Å². The first-order valence-electron chi connectivity index (χ1n) is 11.7. The van der Waals surface area contributed by atoms with Gasteiger partial charge in [0.25, 0.3) is 0 Å². The van der Waals surface area contributed by atoms with Gasteiger partial charge < -0.3 is 24.7 Å². The number of alkyl carbamates (subject to hydrolysis) is 1. The largest absolute Gasteiger partial charge is 0.441 e. The molecule has 1 saturated heterocycles. The van der Waals surface area contributed by atoms with Crippen molar-refractivity contribution in [3.05, 3.63) is 48.1 Å². The lowest BCUT2D eigenvalue weighted by Gasteiger charge is -2.17. The Kier molecular flexibility index (Phi) is 5.30. The Hall–Kier alpha value is -4.51.